The summed E-state index contributed by atoms with van der Waals surface area (Å²) in [5.74, 6) is 1.75. The predicted molar refractivity (Wildman–Crippen MR) is 93.9 cm³/mol. The van der Waals surface area contributed by atoms with Crippen LogP contribution in [0.4, 0.5) is 5.69 Å². The first-order valence-electron chi connectivity index (χ1n) is 9.33. The van der Waals surface area contributed by atoms with E-state index < -0.39 is 0 Å². The van der Waals surface area contributed by atoms with Crippen LogP contribution in [0.3, 0.4) is 0 Å². The Kier molecular flexibility index (Phi) is 4.07. The molecule has 1 aromatic carbocycles. The van der Waals surface area contributed by atoms with Crippen molar-refractivity contribution >= 4 is 17.5 Å². The van der Waals surface area contributed by atoms with Crippen molar-refractivity contribution in [2.45, 2.75) is 45.4 Å². The second kappa shape index (κ2) is 6.23. The van der Waals surface area contributed by atoms with Gasteiger partial charge in [-0.1, -0.05) is 12.5 Å². The first-order chi connectivity index (χ1) is 11.6. The molecule has 128 valence electrons. The number of anilines is 1. The molecule has 4 nitrogen and oxygen atoms in total. The molecule has 0 unspecified atom stereocenters. The molecule has 2 amide bonds. The molecule has 4 heteroatoms. The van der Waals surface area contributed by atoms with Gasteiger partial charge in [0.05, 0.1) is 0 Å². The molecule has 3 fully saturated rings. The fourth-order valence-corrected chi connectivity index (χ4v) is 4.88. The number of likely N-dealkylation sites (tertiary alicyclic amines) is 1. The maximum atomic E-state index is 12.7. The molecule has 0 spiro atoms. The first kappa shape index (κ1) is 15.7. The van der Waals surface area contributed by atoms with E-state index in [4.69, 9.17) is 0 Å². The zero-order chi connectivity index (χ0) is 16.7. The summed E-state index contributed by atoms with van der Waals surface area (Å²) in [6, 6.07) is 5.68. The van der Waals surface area contributed by atoms with Crippen molar-refractivity contribution < 1.29 is 9.59 Å². The zero-order valence-electron chi connectivity index (χ0n) is 14.4. The van der Waals surface area contributed by atoms with E-state index in [0.29, 0.717) is 5.92 Å². The highest BCUT2D eigenvalue weighted by Crippen LogP contribution is 2.48. The van der Waals surface area contributed by atoms with Gasteiger partial charge < -0.3 is 10.2 Å². The lowest BCUT2D eigenvalue weighted by Crippen LogP contribution is -2.29. The zero-order valence-corrected chi connectivity index (χ0v) is 14.4. The van der Waals surface area contributed by atoms with Crippen LogP contribution in [0.1, 0.15) is 54.4 Å². The third-order valence-electron chi connectivity index (χ3n) is 6.29. The number of nitrogens with zero attached hydrogens (tertiary/aromatic N) is 1. The van der Waals surface area contributed by atoms with Gasteiger partial charge in [0.25, 0.3) is 5.91 Å². The van der Waals surface area contributed by atoms with Gasteiger partial charge in [-0.3, -0.25) is 9.59 Å². The van der Waals surface area contributed by atoms with E-state index in [9.17, 15) is 9.59 Å². The third kappa shape index (κ3) is 2.72. The van der Waals surface area contributed by atoms with Crippen LogP contribution >= 0.6 is 0 Å². The number of hydrogen-bond acceptors (Lipinski definition) is 2. The molecular weight excluding hydrogens is 300 g/mol. The Morgan fingerprint density at radius 1 is 1.12 bits per heavy atom. The second-order valence-electron chi connectivity index (χ2n) is 7.75. The fourth-order valence-electron chi connectivity index (χ4n) is 4.88. The van der Waals surface area contributed by atoms with Crippen LogP contribution in [0.25, 0.3) is 0 Å². The summed E-state index contributed by atoms with van der Waals surface area (Å²) in [6.07, 6.45) is 6.95. The van der Waals surface area contributed by atoms with Crippen molar-refractivity contribution in [1.29, 1.82) is 0 Å². The van der Waals surface area contributed by atoms with E-state index in [1.54, 1.807) is 0 Å². The Bertz CT molecular complexity index is 664. The molecule has 2 bridgehead atoms. The van der Waals surface area contributed by atoms with Gasteiger partial charge in [-0.25, -0.2) is 0 Å². The number of nitrogens with one attached hydrogen (secondary N) is 1. The minimum Gasteiger partial charge on any atom is -0.339 e. The molecule has 24 heavy (non-hydrogen) atoms. The summed E-state index contributed by atoms with van der Waals surface area (Å²) >= 11 is 0. The molecule has 1 aromatic rings. The summed E-state index contributed by atoms with van der Waals surface area (Å²) in [4.78, 5) is 27.3. The van der Waals surface area contributed by atoms with Gasteiger partial charge in [-0.2, -0.15) is 0 Å². The monoisotopic (exact) mass is 326 g/mol. The number of carbonyl (C=O) groups is 2. The fraction of sp³-hybridized carbons (Fsp3) is 0.600. The predicted octanol–water partition coefficient (Wildman–Crippen LogP) is 3.61. The highest BCUT2D eigenvalue weighted by Gasteiger charge is 2.43. The maximum Gasteiger partial charge on any atom is 0.254 e. The van der Waals surface area contributed by atoms with Gasteiger partial charge in [-0.15, -0.1) is 0 Å². The van der Waals surface area contributed by atoms with Gasteiger partial charge in [0, 0.05) is 30.3 Å². The Morgan fingerprint density at radius 2 is 1.92 bits per heavy atom. The summed E-state index contributed by atoms with van der Waals surface area (Å²) in [5.41, 5.74) is 2.42. The van der Waals surface area contributed by atoms with Crippen molar-refractivity contribution in [3.63, 3.8) is 0 Å². The molecule has 3 atom stereocenters. The van der Waals surface area contributed by atoms with E-state index >= 15 is 0 Å². The molecular formula is C20H26N2O2. The van der Waals surface area contributed by atoms with Crippen molar-refractivity contribution in [2.24, 2.45) is 17.8 Å². The lowest BCUT2D eigenvalue weighted by molar-refractivity contribution is -0.121. The van der Waals surface area contributed by atoms with Gasteiger partial charge >= 0.3 is 0 Å². The van der Waals surface area contributed by atoms with Crippen LogP contribution in [0.5, 0.6) is 0 Å². The first-order valence-corrected chi connectivity index (χ1v) is 9.33. The average molecular weight is 326 g/mol. The molecule has 1 aliphatic heterocycles. The van der Waals surface area contributed by atoms with E-state index in [2.05, 4.69) is 5.32 Å². The van der Waals surface area contributed by atoms with Crippen LogP contribution < -0.4 is 5.32 Å². The summed E-state index contributed by atoms with van der Waals surface area (Å²) in [6.45, 7) is 3.64. The SMILES string of the molecule is Cc1c(NC(=O)[C@H]2C[C@H]3CC[C@H]2C3)cccc1C(=O)N1CCCC1. The highest BCUT2D eigenvalue weighted by molar-refractivity contribution is 6.00. The number of hydrogen-bond donors (Lipinski definition) is 1. The van der Waals surface area contributed by atoms with Crippen LogP contribution in [0.2, 0.25) is 0 Å². The Labute approximate surface area is 143 Å². The van der Waals surface area contributed by atoms with Crippen molar-refractivity contribution in [2.75, 3.05) is 18.4 Å². The smallest absolute Gasteiger partial charge is 0.254 e. The Balaban J connectivity index is 1.50. The highest BCUT2D eigenvalue weighted by atomic mass is 16.2. The van der Waals surface area contributed by atoms with E-state index in [1.165, 1.54) is 19.3 Å². The molecule has 4 rings (SSSR count). The molecule has 0 radical (unpaired) electrons. The lowest BCUT2D eigenvalue weighted by atomic mass is 9.88. The Morgan fingerprint density at radius 3 is 2.58 bits per heavy atom. The lowest BCUT2D eigenvalue weighted by Gasteiger charge is -2.22. The standard InChI is InChI=1S/C20H26N2O2/c1-13-16(20(24)22-9-2-3-10-22)5-4-6-18(13)21-19(23)17-12-14-7-8-15(17)11-14/h4-6,14-15,17H,2-3,7-12H2,1H3,(H,21,23)/t14-,15-,17-/m0/s1. The molecule has 1 heterocycles. The van der Waals surface area contributed by atoms with Crippen LogP contribution in [0, 0.1) is 24.7 Å². The van der Waals surface area contributed by atoms with Crippen molar-refractivity contribution in [1.82, 2.24) is 4.90 Å². The molecule has 3 aliphatic rings. The van der Waals surface area contributed by atoms with Gasteiger partial charge in [0.2, 0.25) is 5.91 Å². The normalized spacial score (nSPS) is 28.4. The number of rotatable bonds is 3. The number of carbonyl (C=O) groups excluding carboxylic acids is 2. The minimum absolute atomic E-state index is 0.0982. The summed E-state index contributed by atoms with van der Waals surface area (Å²) < 4.78 is 0. The number of benzene rings is 1. The summed E-state index contributed by atoms with van der Waals surface area (Å²) in [7, 11) is 0. The number of amides is 2. The van der Waals surface area contributed by atoms with Crippen LogP contribution in [-0.2, 0) is 4.79 Å². The minimum atomic E-state index is 0.0982. The molecule has 2 aliphatic carbocycles. The quantitative estimate of drug-likeness (QED) is 0.922. The molecule has 2 saturated carbocycles. The Hall–Kier alpha value is -1.84. The van der Waals surface area contributed by atoms with Gasteiger partial charge in [0.15, 0.2) is 0 Å². The van der Waals surface area contributed by atoms with Crippen molar-refractivity contribution in [3.05, 3.63) is 29.3 Å². The molecule has 1 saturated heterocycles. The average Bonchev–Trinajstić information content (AvgIpc) is 3.33. The van der Waals surface area contributed by atoms with E-state index in [1.807, 2.05) is 30.0 Å². The third-order valence-corrected chi connectivity index (χ3v) is 6.29. The second-order valence-corrected chi connectivity index (χ2v) is 7.75. The molecule has 1 N–H and O–H groups in total. The van der Waals surface area contributed by atoms with Crippen LogP contribution in [0.15, 0.2) is 18.2 Å². The van der Waals surface area contributed by atoms with E-state index in [0.717, 1.165) is 55.1 Å². The van der Waals surface area contributed by atoms with Crippen molar-refractivity contribution in [3.8, 4) is 0 Å². The summed E-state index contributed by atoms with van der Waals surface area (Å²) in [5, 5.41) is 3.11. The largest absolute Gasteiger partial charge is 0.339 e. The molecule has 0 aromatic heterocycles. The van der Waals surface area contributed by atoms with Crippen LogP contribution in [-0.4, -0.2) is 29.8 Å². The van der Waals surface area contributed by atoms with Gasteiger partial charge in [0.1, 0.15) is 0 Å². The number of fused-ring (bicyclic) bond motifs is 2. The maximum absolute atomic E-state index is 12.7. The van der Waals surface area contributed by atoms with E-state index in [-0.39, 0.29) is 17.7 Å². The topological polar surface area (TPSA) is 49.4 Å². The van der Waals surface area contributed by atoms with Gasteiger partial charge in [-0.05, 0) is 68.6 Å².